The minimum Gasteiger partial charge on any atom is -0.374 e. The van der Waals surface area contributed by atoms with Crippen LogP contribution in [0, 0.1) is 17.2 Å². The Hall–Kier alpha value is -2.01. The van der Waals surface area contributed by atoms with Crippen LogP contribution in [0.25, 0.3) is 10.8 Å². The molecule has 2 nitrogen and oxygen atoms in total. The van der Waals surface area contributed by atoms with Crippen LogP contribution in [-0.4, -0.2) is 13.6 Å². The van der Waals surface area contributed by atoms with E-state index in [1.807, 2.05) is 24.3 Å². The zero-order chi connectivity index (χ0) is 12.5. The van der Waals surface area contributed by atoms with Crippen LogP contribution in [0.5, 0.6) is 0 Å². The summed E-state index contributed by atoms with van der Waals surface area (Å²) in [6.45, 7) is 1.12. The molecule has 0 aliphatic heterocycles. The van der Waals surface area contributed by atoms with Crippen molar-refractivity contribution in [3.63, 3.8) is 0 Å². The molecule has 0 heterocycles. The number of nitrogens with zero attached hydrogens (tertiary/aromatic N) is 2. The molecule has 2 aromatic rings. The fourth-order valence-electron chi connectivity index (χ4n) is 2.50. The molecule has 0 aromatic heterocycles. The lowest BCUT2D eigenvalue weighted by Gasteiger charge is -2.21. The van der Waals surface area contributed by atoms with Crippen LogP contribution < -0.4 is 4.90 Å². The molecular formula is C16H16N2. The summed E-state index contributed by atoms with van der Waals surface area (Å²) in [5.74, 6) is 0.865. The first kappa shape index (κ1) is 11.1. The lowest BCUT2D eigenvalue weighted by molar-refractivity contribution is 0.789. The number of rotatable bonds is 3. The Kier molecular flexibility index (Phi) is 2.68. The molecule has 2 aromatic carbocycles. The molecule has 0 bridgehead atoms. The maximum absolute atomic E-state index is 9.16. The van der Waals surface area contributed by atoms with Crippen LogP contribution in [-0.2, 0) is 0 Å². The normalized spacial score (nSPS) is 14.4. The summed E-state index contributed by atoms with van der Waals surface area (Å²) < 4.78 is 0. The highest BCUT2D eigenvalue weighted by Gasteiger charge is 2.23. The summed E-state index contributed by atoms with van der Waals surface area (Å²) >= 11 is 0. The number of hydrogen-bond acceptors (Lipinski definition) is 2. The number of fused-ring (bicyclic) bond motifs is 1. The van der Waals surface area contributed by atoms with Gasteiger partial charge >= 0.3 is 0 Å². The van der Waals surface area contributed by atoms with E-state index in [4.69, 9.17) is 5.26 Å². The Morgan fingerprint density at radius 1 is 1.17 bits per heavy atom. The molecule has 1 aliphatic rings. The summed E-state index contributed by atoms with van der Waals surface area (Å²) in [5, 5.41) is 11.4. The smallest absolute Gasteiger partial charge is 0.0998 e. The van der Waals surface area contributed by atoms with Crippen LogP contribution in [0.3, 0.4) is 0 Å². The summed E-state index contributed by atoms with van der Waals surface area (Å²) in [4.78, 5) is 2.32. The Morgan fingerprint density at radius 2 is 1.89 bits per heavy atom. The summed E-state index contributed by atoms with van der Waals surface area (Å²) in [6.07, 6.45) is 2.72. The average molecular weight is 236 g/mol. The van der Waals surface area contributed by atoms with Crippen molar-refractivity contribution in [2.75, 3.05) is 18.5 Å². The molecule has 0 unspecified atom stereocenters. The van der Waals surface area contributed by atoms with Crippen molar-refractivity contribution >= 4 is 16.5 Å². The van der Waals surface area contributed by atoms with Gasteiger partial charge in [-0.2, -0.15) is 5.26 Å². The van der Waals surface area contributed by atoms with Gasteiger partial charge in [0.05, 0.1) is 11.6 Å². The van der Waals surface area contributed by atoms with E-state index in [0.29, 0.717) is 0 Å². The Morgan fingerprint density at radius 3 is 2.56 bits per heavy atom. The van der Waals surface area contributed by atoms with E-state index in [0.717, 1.165) is 23.4 Å². The molecule has 90 valence electrons. The van der Waals surface area contributed by atoms with Gasteiger partial charge in [0.1, 0.15) is 0 Å². The Bertz CT molecular complexity index is 621. The number of anilines is 1. The minimum atomic E-state index is 0.758. The first-order valence-electron chi connectivity index (χ1n) is 6.42. The first-order chi connectivity index (χ1) is 8.79. The van der Waals surface area contributed by atoms with Gasteiger partial charge < -0.3 is 4.90 Å². The zero-order valence-electron chi connectivity index (χ0n) is 10.6. The lowest BCUT2D eigenvalue weighted by Crippen LogP contribution is -2.20. The predicted molar refractivity (Wildman–Crippen MR) is 74.7 cm³/mol. The van der Waals surface area contributed by atoms with Gasteiger partial charge in [-0.1, -0.05) is 24.3 Å². The van der Waals surface area contributed by atoms with Gasteiger partial charge in [-0.3, -0.25) is 0 Å². The summed E-state index contributed by atoms with van der Waals surface area (Å²) in [7, 11) is 2.14. The highest BCUT2D eigenvalue weighted by atomic mass is 15.1. The molecule has 0 saturated heterocycles. The third-order valence-electron chi connectivity index (χ3n) is 3.66. The van der Waals surface area contributed by atoms with Crippen molar-refractivity contribution < 1.29 is 0 Å². The van der Waals surface area contributed by atoms with E-state index < -0.39 is 0 Å². The van der Waals surface area contributed by atoms with Crippen LogP contribution in [0.15, 0.2) is 36.4 Å². The SMILES string of the molecule is CN(CC1CC1)c1ccc(C#N)c2ccccc12. The quantitative estimate of drug-likeness (QED) is 0.814. The number of hydrogen-bond donors (Lipinski definition) is 0. The molecule has 18 heavy (non-hydrogen) atoms. The third-order valence-corrected chi connectivity index (χ3v) is 3.66. The van der Waals surface area contributed by atoms with Gasteiger partial charge in [0.15, 0.2) is 0 Å². The van der Waals surface area contributed by atoms with Crippen LogP contribution in [0.4, 0.5) is 5.69 Å². The van der Waals surface area contributed by atoms with E-state index >= 15 is 0 Å². The summed E-state index contributed by atoms with van der Waals surface area (Å²) in [5.41, 5.74) is 1.99. The van der Waals surface area contributed by atoms with E-state index in [1.165, 1.54) is 23.9 Å². The minimum absolute atomic E-state index is 0.758. The molecule has 0 N–H and O–H groups in total. The second-order valence-electron chi connectivity index (χ2n) is 5.11. The highest BCUT2D eigenvalue weighted by Crippen LogP contribution is 2.34. The molecule has 0 amide bonds. The van der Waals surface area contributed by atoms with Crippen molar-refractivity contribution in [3.8, 4) is 6.07 Å². The van der Waals surface area contributed by atoms with E-state index in [1.54, 1.807) is 0 Å². The van der Waals surface area contributed by atoms with Crippen molar-refractivity contribution in [2.45, 2.75) is 12.8 Å². The third kappa shape index (κ3) is 1.93. The van der Waals surface area contributed by atoms with Crippen molar-refractivity contribution in [1.82, 2.24) is 0 Å². The predicted octanol–water partition coefficient (Wildman–Crippen LogP) is 3.56. The Balaban J connectivity index is 2.09. The van der Waals surface area contributed by atoms with E-state index in [2.05, 4.69) is 30.1 Å². The maximum Gasteiger partial charge on any atom is 0.0998 e. The molecule has 2 heteroatoms. The van der Waals surface area contributed by atoms with Gasteiger partial charge in [0, 0.05) is 30.1 Å². The highest BCUT2D eigenvalue weighted by molar-refractivity contribution is 5.97. The first-order valence-corrected chi connectivity index (χ1v) is 6.42. The molecular weight excluding hydrogens is 220 g/mol. The van der Waals surface area contributed by atoms with Gasteiger partial charge in [-0.15, -0.1) is 0 Å². The van der Waals surface area contributed by atoms with Crippen molar-refractivity contribution in [1.29, 1.82) is 5.26 Å². The number of nitriles is 1. The van der Waals surface area contributed by atoms with E-state index in [-0.39, 0.29) is 0 Å². The van der Waals surface area contributed by atoms with Gasteiger partial charge in [0.25, 0.3) is 0 Å². The van der Waals surface area contributed by atoms with Gasteiger partial charge in [0.2, 0.25) is 0 Å². The standard InChI is InChI=1S/C16H16N2/c1-18(11-12-6-7-12)16-9-8-13(10-17)14-4-2-3-5-15(14)16/h2-5,8-9,12H,6-7,11H2,1H3. The van der Waals surface area contributed by atoms with Crippen molar-refractivity contribution in [3.05, 3.63) is 42.0 Å². The maximum atomic E-state index is 9.16. The monoisotopic (exact) mass is 236 g/mol. The van der Waals surface area contributed by atoms with Crippen molar-refractivity contribution in [2.24, 2.45) is 5.92 Å². The second-order valence-corrected chi connectivity index (χ2v) is 5.11. The second kappa shape index (κ2) is 4.34. The van der Waals surface area contributed by atoms with Crippen LogP contribution in [0.2, 0.25) is 0 Å². The zero-order valence-corrected chi connectivity index (χ0v) is 10.6. The molecule has 0 radical (unpaired) electrons. The fourth-order valence-corrected chi connectivity index (χ4v) is 2.50. The average Bonchev–Trinajstić information content (AvgIpc) is 3.21. The van der Waals surface area contributed by atoms with Gasteiger partial charge in [-0.05, 0) is 30.9 Å². The molecule has 1 aliphatic carbocycles. The topological polar surface area (TPSA) is 27.0 Å². The largest absolute Gasteiger partial charge is 0.374 e. The molecule has 0 spiro atoms. The summed E-state index contributed by atoms with van der Waals surface area (Å²) in [6, 6.07) is 14.4. The van der Waals surface area contributed by atoms with Gasteiger partial charge in [-0.25, -0.2) is 0 Å². The Labute approximate surface area is 107 Å². The molecule has 1 fully saturated rings. The van der Waals surface area contributed by atoms with Crippen LogP contribution in [0.1, 0.15) is 18.4 Å². The number of benzene rings is 2. The van der Waals surface area contributed by atoms with E-state index in [9.17, 15) is 0 Å². The molecule has 1 saturated carbocycles. The molecule has 3 rings (SSSR count). The fraction of sp³-hybridized carbons (Fsp3) is 0.312. The molecule has 0 atom stereocenters. The van der Waals surface area contributed by atoms with Crippen LogP contribution >= 0.6 is 0 Å². The lowest BCUT2D eigenvalue weighted by atomic mass is 10.0.